The van der Waals surface area contributed by atoms with E-state index in [0.717, 1.165) is 23.5 Å². The average molecular weight is 301 g/mol. The van der Waals surface area contributed by atoms with Gasteiger partial charge in [0.2, 0.25) is 0 Å². The number of aromatic nitrogens is 2. The van der Waals surface area contributed by atoms with Crippen LogP contribution in [0.1, 0.15) is 49.4 Å². The number of thiazole rings is 1. The van der Waals surface area contributed by atoms with E-state index in [2.05, 4.69) is 37.1 Å². The first-order chi connectivity index (χ1) is 10.0. The predicted molar refractivity (Wildman–Crippen MR) is 88.6 cm³/mol. The molecule has 0 bridgehead atoms. The van der Waals surface area contributed by atoms with Crippen LogP contribution in [0.4, 0.5) is 0 Å². The molecule has 2 aromatic heterocycles. The van der Waals surface area contributed by atoms with Crippen LogP contribution in [0, 0.1) is 5.41 Å². The lowest BCUT2D eigenvalue weighted by Gasteiger charge is -2.34. The van der Waals surface area contributed by atoms with E-state index in [1.54, 1.807) is 0 Å². The van der Waals surface area contributed by atoms with Gasteiger partial charge in [0.15, 0.2) is 0 Å². The molecule has 2 heterocycles. The molecule has 1 N–H and O–H groups in total. The number of fused-ring (bicyclic) bond motifs is 1. The van der Waals surface area contributed by atoms with Crippen LogP contribution >= 0.6 is 11.3 Å². The monoisotopic (exact) mass is 301 g/mol. The van der Waals surface area contributed by atoms with E-state index in [9.17, 15) is 0 Å². The zero-order chi connectivity index (χ0) is 15.0. The molecular formula is C17H23N3S. The van der Waals surface area contributed by atoms with Crippen LogP contribution in [0.3, 0.4) is 0 Å². The first-order valence-electron chi connectivity index (χ1n) is 7.65. The molecule has 21 heavy (non-hydrogen) atoms. The molecule has 0 aliphatic heterocycles. The van der Waals surface area contributed by atoms with Gasteiger partial charge in [-0.3, -0.25) is 4.98 Å². The maximum Gasteiger partial charge on any atom is 0.142 e. The van der Waals surface area contributed by atoms with Crippen LogP contribution in [0.5, 0.6) is 0 Å². The Bertz CT molecular complexity index is 645. The van der Waals surface area contributed by atoms with Crippen molar-refractivity contribution in [2.45, 2.75) is 46.1 Å². The van der Waals surface area contributed by atoms with Crippen molar-refractivity contribution in [3.63, 3.8) is 0 Å². The zero-order valence-corrected chi connectivity index (χ0v) is 14.0. The highest BCUT2D eigenvalue weighted by molar-refractivity contribution is 7.15. The summed E-state index contributed by atoms with van der Waals surface area (Å²) in [5.41, 5.74) is 3.92. The molecular weight excluding hydrogens is 278 g/mol. The molecule has 2 aromatic rings. The highest BCUT2D eigenvalue weighted by atomic mass is 32.1. The highest BCUT2D eigenvalue weighted by Crippen LogP contribution is 2.44. The number of pyridine rings is 1. The molecule has 1 atom stereocenters. The molecule has 3 nitrogen and oxygen atoms in total. The van der Waals surface area contributed by atoms with Crippen LogP contribution in [-0.2, 0) is 12.8 Å². The van der Waals surface area contributed by atoms with Crippen molar-refractivity contribution in [3.05, 3.63) is 34.5 Å². The second kappa shape index (κ2) is 5.50. The summed E-state index contributed by atoms with van der Waals surface area (Å²) in [6, 6.07) is 4.58. The number of nitrogens with one attached hydrogen (secondary N) is 1. The minimum atomic E-state index is 0.309. The van der Waals surface area contributed by atoms with Gasteiger partial charge in [-0.15, -0.1) is 11.3 Å². The van der Waals surface area contributed by atoms with Crippen LogP contribution in [0.25, 0.3) is 10.7 Å². The zero-order valence-electron chi connectivity index (χ0n) is 13.2. The van der Waals surface area contributed by atoms with Gasteiger partial charge in [-0.25, -0.2) is 4.98 Å². The second-order valence-corrected chi connectivity index (χ2v) is 7.61. The van der Waals surface area contributed by atoms with Gasteiger partial charge in [0, 0.05) is 17.1 Å². The Hall–Kier alpha value is -1.26. The fraction of sp³-hybridized carbons (Fsp3) is 0.529. The third kappa shape index (κ3) is 2.74. The molecule has 0 saturated carbocycles. The van der Waals surface area contributed by atoms with Gasteiger partial charge in [-0.1, -0.05) is 26.8 Å². The molecule has 1 aliphatic carbocycles. The third-order valence-electron chi connectivity index (χ3n) is 4.27. The number of hydrogen-bond donors (Lipinski definition) is 1. The summed E-state index contributed by atoms with van der Waals surface area (Å²) in [6.07, 6.45) is 5.09. The van der Waals surface area contributed by atoms with E-state index in [1.807, 2.05) is 30.6 Å². The third-order valence-corrected chi connectivity index (χ3v) is 5.49. The van der Waals surface area contributed by atoms with Crippen LogP contribution < -0.4 is 5.32 Å². The van der Waals surface area contributed by atoms with Gasteiger partial charge >= 0.3 is 0 Å². The van der Waals surface area contributed by atoms with Gasteiger partial charge in [-0.05, 0) is 43.4 Å². The maximum absolute atomic E-state index is 4.94. The van der Waals surface area contributed by atoms with E-state index >= 15 is 0 Å². The fourth-order valence-corrected chi connectivity index (χ4v) is 4.41. The summed E-state index contributed by atoms with van der Waals surface area (Å²) in [5, 5.41) is 4.54. The van der Waals surface area contributed by atoms with E-state index in [4.69, 9.17) is 4.98 Å². The minimum Gasteiger partial charge on any atom is -0.312 e. The second-order valence-electron chi connectivity index (χ2n) is 6.58. The standard InChI is InChI=1S/C17H23N3S/c1-5-11-7-6-8-19-14(11)16-20-13-10-17(2,3)9-12(18-4)15(13)21-16/h6-8,12,18H,5,9-10H2,1-4H3. The smallest absolute Gasteiger partial charge is 0.142 e. The summed E-state index contributed by atoms with van der Waals surface area (Å²) in [5.74, 6) is 0. The summed E-state index contributed by atoms with van der Waals surface area (Å²) in [7, 11) is 2.05. The van der Waals surface area contributed by atoms with Gasteiger partial charge < -0.3 is 5.32 Å². The fourth-order valence-electron chi connectivity index (χ4n) is 3.18. The van der Waals surface area contributed by atoms with Crippen molar-refractivity contribution in [1.29, 1.82) is 0 Å². The summed E-state index contributed by atoms with van der Waals surface area (Å²) in [4.78, 5) is 10.9. The van der Waals surface area contributed by atoms with E-state index in [1.165, 1.54) is 22.6 Å². The van der Waals surface area contributed by atoms with Gasteiger partial charge in [0.1, 0.15) is 10.7 Å². The number of nitrogens with zero attached hydrogens (tertiary/aromatic N) is 2. The molecule has 0 saturated heterocycles. The normalized spacial score (nSPS) is 20.3. The Labute approximate surface area is 130 Å². The van der Waals surface area contributed by atoms with Crippen molar-refractivity contribution < 1.29 is 0 Å². The molecule has 0 spiro atoms. The summed E-state index contributed by atoms with van der Waals surface area (Å²) in [6.45, 7) is 6.84. The topological polar surface area (TPSA) is 37.8 Å². The van der Waals surface area contributed by atoms with Gasteiger partial charge in [-0.2, -0.15) is 0 Å². The molecule has 0 aromatic carbocycles. The Morgan fingerprint density at radius 3 is 2.95 bits per heavy atom. The largest absolute Gasteiger partial charge is 0.312 e. The first-order valence-corrected chi connectivity index (χ1v) is 8.47. The molecule has 0 fully saturated rings. The molecule has 0 radical (unpaired) electrons. The van der Waals surface area contributed by atoms with Crippen molar-refractivity contribution in [3.8, 4) is 10.7 Å². The molecule has 4 heteroatoms. The number of aryl methyl sites for hydroxylation is 1. The van der Waals surface area contributed by atoms with E-state index < -0.39 is 0 Å². The van der Waals surface area contributed by atoms with Crippen molar-refractivity contribution >= 4 is 11.3 Å². The summed E-state index contributed by atoms with van der Waals surface area (Å²) >= 11 is 1.82. The maximum atomic E-state index is 4.94. The van der Waals surface area contributed by atoms with Gasteiger partial charge in [0.05, 0.1) is 5.69 Å². The lowest BCUT2D eigenvalue weighted by Crippen LogP contribution is -2.30. The van der Waals surface area contributed by atoms with E-state index in [0.29, 0.717) is 11.5 Å². The average Bonchev–Trinajstić information content (AvgIpc) is 2.88. The first kappa shape index (κ1) is 14.7. The Morgan fingerprint density at radius 2 is 2.24 bits per heavy atom. The number of rotatable bonds is 3. The minimum absolute atomic E-state index is 0.309. The molecule has 3 rings (SSSR count). The van der Waals surface area contributed by atoms with E-state index in [-0.39, 0.29) is 0 Å². The molecule has 112 valence electrons. The van der Waals surface area contributed by atoms with Gasteiger partial charge in [0.25, 0.3) is 0 Å². The van der Waals surface area contributed by atoms with Crippen LogP contribution in [0.2, 0.25) is 0 Å². The summed E-state index contributed by atoms with van der Waals surface area (Å²) < 4.78 is 0. The Morgan fingerprint density at radius 1 is 1.43 bits per heavy atom. The van der Waals surface area contributed by atoms with Crippen molar-refractivity contribution in [1.82, 2.24) is 15.3 Å². The number of hydrogen-bond acceptors (Lipinski definition) is 4. The van der Waals surface area contributed by atoms with Crippen molar-refractivity contribution in [2.75, 3.05) is 7.05 Å². The molecule has 0 amide bonds. The lowest BCUT2D eigenvalue weighted by atomic mass is 9.76. The predicted octanol–water partition coefficient (Wildman–Crippen LogP) is 4.00. The molecule has 1 unspecified atom stereocenters. The Balaban J connectivity index is 2.06. The SMILES string of the molecule is CCc1cccnc1-c1nc2c(s1)C(NC)CC(C)(C)C2. The van der Waals surface area contributed by atoms with Crippen LogP contribution in [0.15, 0.2) is 18.3 Å². The Kier molecular flexibility index (Phi) is 3.84. The van der Waals surface area contributed by atoms with Crippen molar-refractivity contribution in [2.24, 2.45) is 5.41 Å². The highest BCUT2D eigenvalue weighted by Gasteiger charge is 2.34. The molecule has 1 aliphatic rings. The lowest BCUT2D eigenvalue weighted by molar-refractivity contribution is 0.265. The quantitative estimate of drug-likeness (QED) is 0.931. The van der Waals surface area contributed by atoms with Crippen LogP contribution in [-0.4, -0.2) is 17.0 Å².